The molecule has 1 heterocycles. The Balaban J connectivity index is 1.91. The van der Waals surface area contributed by atoms with E-state index in [2.05, 4.69) is 21.2 Å². The zero-order valence-corrected chi connectivity index (χ0v) is 17.0. The largest absolute Gasteiger partial charge is 0.508 e. The number of benzene rings is 2. The first-order chi connectivity index (χ1) is 13.4. The van der Waals surface area contributed by atoms with Gasteiger partial charge in [0, 0.05) is 27.2 Å². The lowest BCUT2D eigenvalue weighted by atomic mass is 10.1. The van der Waals surface area contributed by atoms with E-state index in [0.29, 0.717) is 5.69 Å². The van der Waals surface area contributed by atoms with Crippen LogP contribution in [0.25, 0.3) is 11.8 Å². The van der Waals surface area contributed by atoms with Gasteiger partial charge in [0.1, 0.15) is 17.4 Å². The molecule has 0 aliphatic heterocycles. The highest BCUT2D eigenvalue weighted by Crippen LogP contribution is 2.24. The molecule has 2 N–H and O–H groups in total. The number of nitrogens with one attached hydrogen (secondary N) is 1. The fourth-order valence-electron chi connectivity index (χ4n) is 2.97. The first-order valence-electron chi connectivity index (χ1n) is 8.56. The fourth-order valence-corrected chi connectivity index (χ4v) is 3.23. The Morgan fingerprint density at radius 2 is 1.79 bits per heavy atom. The van der Waals surface area contributed by atoms with Crippen LogP contribution in [-0.2, 0) is 4.79 Å². The number of phenols is 1. The van der Waals surface area contributed by atoms with E-state index in [-0.39, 0.29) is 11.3 Å². The Bertz CT molecular complexity index is 1090. The predicted octanol–water partition coefficient (Wildman–Crippen LogP) is 5.11. The molecule has 140 valence electrons. The lowest BCUT2D eigenvalue weighted by molar-refractivity contribution is -0.112. The first kappa shape index (κ1) is 19.5. The van der Waals surface area contributed by atoms with Crippen LogP contribution in [0, 0.1) is 25.2 Å². The Morgan fingerprint density at radius 1 is 1.14 bits per heavy atom. The number of phenolic OH excluding ortho intramolecular Hbond substituents is 1. The number of nitriles is 1. The van der Waals surface area contributed by atoms with E-state index < -0.39 is 5.91 Å². The molecule has 1 amide bonds. The molecule has 0 aliphatic rings. The van der Waals surface area contributed by atoms with Gasteiger partial charge in [-0.15, -0.1) is 0 Å². The third kappa shape index (κ3) is 4.16. The average Bonchev–Trinajstić information content (AvgIpc) is 2.95. The van der Waals surface area contributed by atoms with Crippen molar-refractivity contribution < 1.29 is 9.90 Å². The molecule has 6 heteroatoms. The number of rotatable bonds is 4. The highest BCUT2D eigenvalue weighted by Gasteiger charge is 2.14. The summed E-state index contributed by atoms with van der Waals surface area (Å²) in [5.41, 5.74) is 4.17. The number of aromatic nitrogens is 1. The summed E-state index contributed by atoms with van der Waals surface area (Å²) < 4.78 is 2.91. The minimum Gasteiger partial charge on any atom is -0.508 e. The topological polar surface area (TPSA) is 78.0 Å². The molecule has 0 aliphatic carbocycles. The Hall–Kier alpha value is -3.30. The molecule has 2 aromatic carbocycles. The van der Waals surface area contributed by atoms with E-state index in [0.717, 1.165) is 27.1 Å². The highest BCUT2D eigenvalue weighted by atomic mass is 79.9. The summed E-state index contributed by atoms with van der Waals surface area (Å²) in [6, 6.07) is 17.9. The van der Waals surface area contributed by atoms with Crippen LogP contribution in [0.5, 0.6) is 5.75 Å². The van der Waals surface area contributed by atoms with Crippen LogP contribution in [0.15, 0.2) is 64.6 Å². The van der Waals surface area contributed by atoms with E-state index in [1.54, 1.807) is 30.3 Å². The van der Waals surface area contributed by atoms with Crippen molar-refractivity contribution in [3.05, 3.63) is 81.6 Å². The van der Waals surface area contributed by atoms with Crippen molar-refractivity contribution in [2.45, 2.75) is 13.8 Å². The maximum absolute atomic E-state index is 12.5. The first-order valence-corrected chi connectivity index (χ1v) is 9.35. The minimum absolute atomic E-state index is 0.0221. The summed E-state index contributed by atoms with van der Waals surface area (Å²) in [6.07, 6.45) is 1.59. The maximum atomic E-state index is 12.5. The molecule has 0 saturated heterocycles. The monoisotopic (exact) mass is 435 g/mol. The van der Waals surface area contributed by atoms with Gasteiger partial charge < -0.3 is 15.0 Å². The van der Waals surface area contributed by atoms with Gasteiger partial charge in [-0.3, -0.25) is 4.79 Å². The van der Waals surface area contributed by atoms with Crippen LogP contribution < -0.4 is 5.32 Å². The fraction of sp³-hybridized carbons (Fsp3) is 0.0909. The Labute approximate surface area is 171 Å². The predicted molar refractivity (Wildman–Crippen MR) is 113 cm³/mol. The van der Waals surface area contributed by atoms with Gasteiger partial charge in [0.2, 0.25) is 0 Å². The quantitative estimate of drug-likeness (QED) is 0.441. The number of carbonyl (C=O) groups is 1. The molecule has 0 saturated carbocycles. The van der Waals surface area contributed by atoms with E-state index in [4.69, 9.17) is 0 Å². The SMILES string of the molecule is Cc1cc(/C=C(/C#N)C(=O)Nc2ccc(Br)cc2)c(C)n1-c1ccc(O)cc1. The number of aromatic hydroxyl groups is 1. The summed E-state index contributed by atoms with van der Waals surface area (Å²) >= 11 is 3.35. The second-order valence-corrected chi connectivity index (χ2v) is 7.22. The molecule has 0 radical (unpaired) electrons. The van der Waals surface area contributed by atoms with Crippen molar-refractivity contribution in [2.24, 2.45) is 0 Å². The molecule has 0 bridgehead atoms. The Kier molecular flexibility index (Phi) is 5.67. The number of carbonyl (C=O) groups excluding carboxylic acids is 1. The zero-order valence-electron chi connectivity index (χ0n) is 15.4. The number of hydrogen-bond donors (Lipinski definition) is 2. The molecule has 0 atom stereocenters. The zero-order chi connectivity index (χ0) is 20.3. The van der Waals surface area contributed by atoms with Crippen molar-refractivity contribution in [3.8, 4) is 17.5 Å². The second-order valence-electron chi connectivity index (χ2n) is 6.31. The van der Waals surface area contributed by atoms with Gasteiger partial charge in [0.05, 0.1) is 0 Å². The molecular formula is C22H18BrN3O2. The molecule has 5 nitrogen and oxygen atoms in total. The second kappa shape index (κ2) is 8.15. The van der Waals surface area contributed by atoms with E-state index in [1.807, 2.05) is 54.8 Å². The lowest BCUT2D eigenvalue weighted by Gasteiger charge is -2.09. The summed E-state index contributed by atoms with van der Waals surface area (Å²) in [4.78, 5) is 12.5. The average molecular weight is 436 g/mol. The molecule has 0 fully saturated rings. The van der Waals surface area contributed by atoms with Crippen LogP contribution >= 0.6 is 15.9 Å². The van der Waals surface area contributed by atoms with Crippen LogP contribution in [0.3, 0.4) is 0 Å². The van der Waals surface area contributed by atoms with Gasteiger partial charge in [-0.1, -0.05) is 15.9 Å². The van der Waals surface area contributed by atoms with E-state index in [9.17, 15) is 15.2 Å². The summed E-state index contributed by atoms with van der Waals surface area (Å²) in [6.45, 7) is 3.87. The van der Waals surface area contributed by atoms with Gasteiger partial charge in [0.25, 0.3) is 5.91 Å². The summed E-state index contributed by atoms with van der Waals surface area (Å²) in [5.74, 6) is -0.262. The standard InChI is InChI=1S/C22H18BrN3O2/c1-14-11-16(15(2)26(14)20-7-9-21(27)10-8-20)12-17(13-24)22(28)25-19-5-3-18(23)4-6-19/h3-12,27H,1-2H3,(H,25,28)/b17-12-. The molecule has 0 unspecified atom stereocenters. The molecule has 28 heavy (non-hydrogen) atoms. The number of nitrogens with zero attached hydrogens (tertiary/aromatic N) is 2. The van der Waals surface area contributed by atoms with Crippen molar-refractivity contribution >= 4 is 33.6 Å². The van der Waals surface area contributed by atoms with Crippen molar-refractivity contribution in [1.82, 2.24) is 4.57 Å². The van der Waals surface area contributed by atoms with Gasteiger partial charge in [0.15, 0.2) is 0 Å². The van der Waals surface area contributed by atoms with Crippen LogP contribution in [0.4, 0.5) is 5.69 Å². The minimum atomic E-state index is -0.459. The summed E-state index contributed by atoms with van der Waals surface area (Å²) in [5, 5.41) is 21.7. The third-order valence-corrected chi connectivity index (χ3v) is 4.87. The highest BCUT2D eigenvalue weighted by molar-refractivity contribution is 9.10. The Morgan fingerprint density at radius 3 is 2.39 bits per heavy atom. The lowest BCUT2D eigenvalue weighted by Crippen LogP contribution is -2.13. The van der Waals surface area contributed by atoms with Crippen LogP contribution in [0.1, 0.15) is 17.0 Å². The van der Waals surface area contributed by atoms with E-state index >= 15 is 0 Å². The van der Waals surface area contributed by atoms with Crippen LogP contribution in [-0.4, -0.2) is 15.6 Å². The number of halogens is 1. The molecule has 1 aromatic heterocycles. The molecule has 0 spiro atoms. The van der Waals surface area contributed by atoms with Gasteiger partial charge in [-0.25, -0.2) is 0 Å². The van der Waals surface area contributed by atoms with Crippen molar-refractivity contribution in [1.29, 1.82) is 5.26 Å². The maximum Gasteiger partial charge on any atom is 0.266 e. The molecule has 3 aromatic rings. The smallest absolute Gasteiger partial charge is 0.266 e. The van der Waals surface area contributed by atoms with Crippen molar-refractivity contribution in [2.75, 3.05) is 5.32 Å². The van der Waals surface area contributed by atoms with Gasteiger partial charge >= 0.3 is 0 Å². The van der Waals surface area contributed by atoms with Crippen LogP contribution in [0.2, 0.25) is 0 Å². The van der Waals surface area contributed by atoms with Gasteiger partial charge in [-0.05, 0) is 80.1 Å². The van der Waals surface area contributed by atoms with Crippen molar-refractivity contribution in [3.63, 3.8) is 0 Å². The van der Waals surface area contributed by atoms with E-state index in [1.165, 1.54) is 0 Å². The molecule has 3 rings (SSSR count). The third-order valence-electron chi connectivity index (χ3n) is 4.35. The van der Waals surface area contributed by atoms with Gasteiger partial charge in [-0.2, -0.15) is 5.26 Å². The number of anilines is 1. The number of aryl methyl sites for hydroxylation is 1. The molecular weight excluding hydrogens is 418 g/mol. The number of amides is 1. The summed E-state index contributed by atoms with van der Waals surface area (Å²) in [7, 11) is 0. The normalized spacial score (nSPS) is 11.1. The number of hydrogen-bond acceptors (Lipinski definition) is 3.